The molecule has 0 amide bonds. The standard InChI is InChI=1S/C12H18O3S/c1-8(2)5-12(13)9-6-10-3-4-11(7-9)16(10,14)15/h9-11H,1,3-7H2,2H3. The van der Waals surface area contributed by atoms with E-state index in [1.54, 1.807) is 0 Å². The topological polar surface area (TPSA) is 51.2 Å². The summed E-state index contributed by atoms with van der Waals surface area (Å²) in [5.41, 5.74) is 0.866. The Hall–Kier alpha value is -0.640. The number of allylic oxidation sites excluding steroid dienone is 1. The Labute approximate surface area is 96.8 Å². The Morgan fingerprint density at radius 3 is 2.19 bits per heavy atom. The summed E-state index contributed by atoms with van der Waals surface area (Å²) >= 11 is 0. The number of carbonyl (C=O) groups is 1. The van der Waals surface area contributed by atoms with E-state index in [4.69, 9.17) is 0 Å². The van der Waals surface area contributed by atoms with Crippen molar-refractivity contribution in [2.24, 2.45) is 5.92 Å². The number of carbonyl (C=O) groups excluding carboxylic acids is 1. The molecule has 16 heavy (non-hydrogen) atoms. The van der Waals surface area contributed by atoms with E-state index in [0.29, 0.717) is 19.3 Å². The van der Waals surface area contributed by atoms with E-state index in [9.17, 15) is 13.2 Å². The van der Waals surface area contributed by atoms with Crippen molar-refractivity contribution in [1.29, 1.82) is 0 Å². The van der Waals surface area contributed by atoms with Gasteiger partial charge in [-0.05, 0) is 32.6 Å². The zero-order chi connectivity index (χ0) is 11.9. The normalized spacial score (nSPS) is 35.9. The molecule has 0 spiro atoms. The van der Waals surface area contributed by atoms with E-state index in [1.807, 2.05) is 6.92 Å². The molecule has 2 bridgehead atoms. The van der Waals surface area contributed by atoms with Gasteiger partial charge in [-0.3, -0.25) is 4.79 Å². The maximum atomic E-state index is 11.9. The Bertz CT molecular complexity index is 402. The van der Waals surface area contributed by atoms with Gasteiger partial charge in [0.25, 0.3) is 0 Å². The highest BCUT2D eigenvalue weighted by Gasteiger charge is 2.48. The molecule has 0 aromatic heterocycles. The van der Waals surface area contributed by atoms with Gasteiger partial charge in [0, 0.05) is 12.3 Å². The number of rotatable bonds is 3. The molecule has 2 unspecified atom stereocenters. The van der Waals surface area contributed by atoms with Crippen LogP contribution in [0.4, 0.5) is 0 Å². The molecule has 0 aromatic carbocycles. The molecular formula is C12H18O3S. The van der Waals surface area contributed by atoms with Crippen LogP contribution in [0.3, 0.4) is 0 Å². The molecule has 0 N–H and O–H groups in total. The fourth-order valence-corrected chi connectivity index (χ4v) is 5.39. The molecule has 2 rings (SSSR count). The van der Waals surface area contributed by atoms with Crippen LogP contribution in [0, 0.1) is 5.92 Å². The zero-order valence-corrected chi connectivity index (χ0v) is 10.4. The third-order valence-corrected chi connectivity index (χ3v) is 6.48. The first-order valence-corrected chi connectivity index (χ1v) is 7.42. The first kappa shape index (κ1) is 11.8. The molecule has 2 atom stereocenters. The number of fused-ring (bicyclic) bond motifs is 2. The Morgan fingerprint density at radius 2 is 1.75 bits per heavy atom. The van der Waals surface area contributed by atoms with Gasteiger partial charge in [-0.1, -0.05) is 12.2 Å². The molecule has 2 fully saturated rings. The lowest BCUT2D eigenvalue weighted by Crippen LogP contribution is -2.36. The fourth-order valence-electron chi connectivity index (χ4n) is 2.91. The Morgan fingerprint density at radius 1 is 1.25 bits per heavy atom. The molecule has 2 aliphatic rings. The highest BCUT2D eigenvalue weighted by Crippen LogP contribution is 2.41. The number of sulfone groups is 1. The minimum atomic E-state index is -2.90. The van der Waals surface area contributed by atoms with Crippen molar-refractivity contribution in [3.05, 3.63) is 12.2 Å². The van der Waals surface area contributed by atoms with E-state index in [0.717, 1.165) is 18.4 Å². The monoisotopic (exact) mass is 242 g/mol. The quantitative estimate of drug-likeness (QED) is 0.710. The van der Waals surface area contributed by atoms with Crippen LogP contribution in [0.2, 0.25) is 0 Å². The first-order chi connectivity index (χ1) is 7.41. The smallest absolute Gasteiger partial charge is 0.156 e. The maximum absolute atomic E-state index is 11.9. The van der Waals surface area contributed by atoms with Crippen molar-refractivity contribution in [3.63, 3.8) is 0 Å². The summed E-state index contributed by atoms with van der Waals surface area (Å²) in [5, 5.41) is -0.490. The lowest BCUT2D eigenvalue weighted by atomic mass is 9.91. The second kappa shape index (κ2) is 3.99. The summed E-state index contributed by atoms with van der Waals surface area (Å²) in [6.07, 6.45) is 3.01. The largest absolute Gasteiger partial charge is 0.299 e. The van der Waals surface area contributed by atoms with Crippen LogP contribution < -0.4 is 0 Å². The van der Waals surface area contributed by atoms with Gasteiger partial charge in [-0.25, -0.2) is 8.42 Å². The Kier molecular flexibility index (Phi) is 2.95. The Balaban J connectivity index is 2.08. The fraction of sp³-hybridized carbons (Fsp3) is 0.750. The summed E-state index contributed by atoms with van der Waals surface area (Å²) in [5.74, 6) is 0.136. The second-order valence-corrected chi connectivity index (χ2v) is 7.69. The van der Waals surface area contributed by atoms with E-state index in [2.05, 4.69) is 6.58 Å². The second-order valence-electron chi connectivity index (χ2n) is 5.18. The molecule has 2 aliphatic heterocycles. The van der Waals surface area contributed by atoms with Crippen molar-refractivity contribution in [3.8, 4) is 0 Å². The van der Waals surface area contributed by atoms with E-state index < -0.39 is 9.84 Å². The van der Waals surface area contributed by atoms with Crippen LogP contribution in [0.15, 0.2) is 12.2 Å². The minimum absolute atomic E-state index is 0.0438. The maximum Gasteiger partial charge on any atom is 0.156 e. The average Bonchev–Trinajstić information content (AvgIpc) is 2.39. The molecule has 90 valence electrons. The van der Waals surface area contributed by atoms with Crippen LogP contribution in [0.5, 0.6) is 0 Å². The summed E-state index contributed by atoms with van der Waals surface area (Å²) in [6, 6.07) is 0. The minimum Gasteiger partial charge on any atom is -0.299 e. The molecule has 2 heterocycles. The van der Waals surface area contributed by atoms with Crippen LogP contribution in [0.25, 0.3) is 0 Å². The molecule has 2 saturated heterocycles. The van der Waals surface area contributed by atoms with Gasteiger partial charge in [0.2, 0.25) is 0 Å². The zero-order valence-electron chi connectivity index (χ0n) is 9.61. The number of hydrogen-bond donors (Lipinski definition) is 0. The SMILES string of the molecule is C=C(C)CC(=O)C1CC2CCC(C1)S2(=O)=O. The van der Waals surface area contributed by atoms with Crippen molar-refractivity contribution in [2.45, 2.75) is 49.5 Å². The summed E-state index contributed by atoms with van der Waals surface area (Å²) < 4.78 is 23.7. The van der Waals surface area contributed by atoms with E-state index in [-0.39, 0.29) is 22.2 Å². The number of ketones is 1. The van der Waals surface area contributed by atoms with Gasteiger partial charge in [-0.15, -0.1) is 0 Å². The van der Waals surface area contributed by atoms with Crippen LogP contribution in [-0.4, -0.2) is 24.7 Å². The van der Waals surface area contributed by atoms with Gasteiger partial charge in [0.15, 0.2) is 9.84 Å². The van der Waals surface area contributed by atoms with Crippen molar-refractivity contribution in [1.82, 2.24) is 0 Å². The number of hydrogen-bond acceptors (Lipinski definition) is 3. The third-order valence-electron chi connectivity index (χ3n) is 3.77. The molecule has 0 radical (unpaired) electrons. The molecule has 0 saturated carbocycles. The van der Waals surface area contributed by atoms with Gasteiger partial charge >= 0.3 is 0 Å². The van der Waals surface area contributed by atoms with E-state index in [1.165, 1.54) is 0 Å². The van der Waals surface area contributed by atoms with Crippen molar-refractivity contribution >= 4 is 15.6 Å². The lowest BCUT2D eigenvalue weighted by molar-refractivity contribution is -0.122. The lowest BCUT2D eigenvalue weighted by Gasteiger charge is -2.26. The molecule has 0 aliphatic carbocycles. The van der Waals surface area contributed by atoms with Crippen LogP contribution >= 0.6 is 0 Å². The highest BCUT2D eigenvalue weighted by molar-refractivity contribution is 7.93. The predicted octanol–water partition coefficient (Wildman–Crippen LogP) is 1.88. The summed E-state index contributed by atoms with van der Waals surface area (Å²) in [6.45, 7) is 5.57. The van der Waals surface area contributed by atoms with Crippen LogP contribution in [-0.2, 0) is 14.6 Å². The van der Waals surface area contributed by atoms with Gasteiger partial charge in [0.05, 0.1) is 10.5 Å². The molecule has 3 nitrogen and oxygen atoms in total. The summed E-state index contributed by atoms with van der Waals surface area (Å²) in [7, 11) is -2.90. The van der Waals surface area contributed by atoms with Gasteiger partial charge in [-0.2, -0.15) is 0 Å². The highest BCUT2D eigenvalue weighted by atomic mass is 32.2. The van der Waals surface area contributed by atoms with Crippen molar-refractivity contribution in [2.75, 3.05) is 0 Å². The average molecular weight is 242 g/mol. The van der Waals surface area contributed by atoms with Crippen molar-refractivity contribution < 1.29 is 13.2 Å². The molecular weight excluding hydrogens is 224 g/mol. The molecule has 4 heteroatoms. The predicted molar refractivity (Wildman–Crippen MR) is 62.9 cm³/mol. The van der Waals surface area contributed by atoms with Crippen LogP contribution in [0.1, 0.15) is 39.0 Å². The third kappa shape index (κ3) is 1.95. The van der Waals surface area contributed by atoms with Gasteiger partial charge in [0.1, 0.15) is 5.78 Å². The van der Waals surface area contributed by atoms with E-state index >= 15 is 0 Å². The molecule has 0 aromatic rings. The summed E-state index contributed by atoms with van der Waals surface area (Å²) in [4.78, 5) is 11.9. The number of Topliss-reactive ketones (excluding diaryl/α,β-unsaturated/α-hetero) is 1. The van der Waals surface area contributed by atoms with Gasteiger partial charge < -0.3 is 0 Å². The first-order valence-electron chi connectivity index (χ1n) is 5.81.